The summed E-state index contributed by atoms with van der Waals surface area (Å²) in [5.41, 5.74) is 8.11. The quantitative estimate of drug-likeness (QED) is 0.240. The fraction of sp³-hybridized carbons (Fsp3) is 0.441. The van der Waals surface area contributed by atoms with E-state index in [2.05, 4.69) is 26.0 Å². The molecule has 1 aliphatic heterocycles. The summed E-state index contributed by atoms with van der Waals surface area (Å²) in [6.07, 6.45) is 4.12. The molecule has 1 aliphatic carbocycles. The Morgan fingerprint density at radius 2 is 1.86 bits per heavy atom. The molecule has 0 aromatic heterocycles. The largest absolute Gasteiger partial charge is 0.492 e. The van der Waals surface area contributed by atoms with Crippen LogP contribution in [0.25, 0.3) is 11.1 Å². The third-order valence-corrected chi connectivity index (χ3v) is 9.62. The van der Waals surface area contributed by atoms with Crippen LogP contribution in [0.2, 0.25) is 0 Å². The third kappa shape index (κ3) is 6.48. The molecule has 0 saturated heterocycles. The van der Waals surface area contributed by atoms with Crippen LogP contribution in [-0.2, 0) is 32.2 Å². The van der Waals surface area contributed by atoms with Gasteiger partial charge in [-0.25, -0.2) is 12.8 Å². The van der Waals surface area contributed by atoms with Crippen molar-refractivity contribution >= 4 is 15.8 Å². The Morgan fingerprint density at radius 1 is 1.12 bits per heavy atom. The fourth-order valence-electron chi connectivity index (χ4n) is 6.61. The van der Waals surface area contributed by atoms with Crippen LogP contribution in [0.3, 0.4) is 0 Å². The molecule has 3 atom stereocenters. The number of fused-ring (bicyclic) bond motifs is 2. The molecular formula is C34H39FO6S. The second-order valence-electron chi connectivity index (χ2n) is 12.0. The minimum Gasteiger partial charge on any atom is -0.492 e. The van der Waals surface area contributed by atoms with Crippen molar-refractivity contribution in [2.45, 2.75) is 64.9 Å². The summed E-state index contributed by atoms with van der Waals surface area (Å²) in [5, 5.41) is 0. The summed E-state index contributed by atoms with van der Waals surface area (Å²) in [4.78, 5) is 11.8. The van der Waals surface area contributed by atoms with Gasteiger partial charge in [-0.05, 0) is 91.0 Å². The zero-order chi connectivity index (χ0) is 30.2. The van der Waals surface area contributed by atoms with Gasteiger partial charge in [0.25, 0.3) is 0 Å². The number of methoxy groups -OCH3 is 1. The van der Waals surface area contributed by atoms with E-state index in [9.17, 15) is 13.2 Å². The van der Waals surface area contributed by atoms with Crippen LogP contribution in [0.15, 0.2) is 42.5 Å². The molecule has 0 radical (unpaired) electrons. The lowest BCUT2D eigenvalue weighted by molar-refractivity contribution is -0.141. The Bertz CT molecular complexity index is 1590. The van der Waals surface area contributed by atoms with Crippen LogP contribution in [0.4, 0.5) is 4.39 Å². The molecular weight excluding hydrogens is 555 g/mol. The van der Waals surface area contributed by atoms with E-state index in [0.29, 0.717) is 36.5 Å². The molecule has 6 nitrogen and oxygen atoms in total. The first kappa shape index (κ1) is 30.1. The van der Waals surface area contributed by atoms with Crippen molar-refractivity contribution in [1.82, 2.24) is 0 Å². The number of sulfone groups is 1. The second kappa shape index (κ2) is 12.1. The van der Waals surface area contributed by atoms with Gasteiger partial charge in [-0.1, -0.05) is 31.2 Å². The molecule has 5 rings (SSSR count). The van der Waals surface area contributed by atoms with Gasteiger partial charge in [0.1, 0.15) is 33.3 Å². The second-order valence-corrected chi connectivity index (χ2v) is 14.1. The van der Waals surface area contributed by atoms with Crippen molar-refractivity contribution in [2.24, 2.45) is 5.92 Å². The maximum absolute atomic E-state index is 15.3. The van der Waals surface area contributed by atoms with Crippen LogP contribution in [0, 0.1) is 25.6 Å². The number of aryl methyl sites for hydroxylation is 3. The summed E-state index contributed by atoms with van der Waals surface area (Å²) in [5.74, 6) is 0.993. The number of carbonyl (C=O) groups excluding carboxylic acids is 1. The van der Waals surface area contributed by atoms with E-state index < -0.39 is 15.9 Å². The summed E-state index contributed by atoms with van der Waals surface area (Å²) >= 11 is 0. The molecule has 0 spiro atoms. The first-order valence-electron chi connectivity index (χ1n) is 14.5. The number of benzene rings is 3. The van der Waals surface area contributed by atoms with Gasteiger partial charge in [0, 0.05) is 29.4 Å². The predicted molar refractivity (Wildman–Crippen MR) is 162 cm³/mol. The highest BCUT2D eigenvalue weighted by molar-refractivity contribution is 7.90. The zero-order valence-corrected chi connectivity index (χ0v) is 25.8. The van der Waals surface area contributed by atoms with Crippen LogP contribution in [-0.4, -0.2) is 40.1 Å². The molecule has 3 aromatic rings. The fourth-order valence-corrected chi connectivity index (χ4v) is 7.81. The smallest absolute Gasteiger partial charge is 0.306 e. The van der Waals surface area contributed by atoms with Gasteiger partial charge in [0.2, 0.25) is 0 Å². The first-order chi connectivity index (χ1) is 19.9. The Kier molecular flexibility index (Phi) is 8.65. The number of hydrogen-bond acceptors (Lipinski definition) is 6. The van der Waals surface area contributed by atoms with Gasteiger partial charge >= 0.3 is 5.97 Å². The van der Waals surface area contributed by atoms with E-state index in [1.165, 1.54) is 18.9 Å². The maximum Gasteiger partial charge on any atom is 0.306 e. The zero-order valence-electron chi connectivity index (χ0n) is 25.0. The van der Waals surface area contributed by atoms with Crippen LogP contribution >= 0.6 is 0 Å². The highest BCUT2D eigenvalue weighted by atomic mass is 32.2. The van der Waals surface area contributed by atoms with Crippen LogP contribution in [0.5, 0.6) is 11.5 Å². The molecule has 0 N–H and O–H groups in total. The average Bonchev–Trinajstić information content (AvgIpc) is 3.52. The number of esters is 1. The van der Waals surface area contributed by atoms with E-state index >= 15 is 4.39 Å². The number of hydrogen-bond donors (Lipinski definition) is 0. The molecule has 42 heavy (non-hydrogen) atoms. The van der Waals surface area contributed by atoms with E-state index in [1.807, 2.05) is 31.2 Å². The highest BCUT2D eigenvalue weighted by Gasteiger charge is 2.32. The minimum atomic E-state index is -2.99. The SMILES string of the molecule is COC(=O)C[C@@H]1COc2cc(O[C@@H]3CCc4c(-c5c(C)cc(CC[C@@H](C)CS(C)(=O)=O)cc5C)ccc(F)c43)ccc21. The lowest BCUT2D eigenvalue weighted by Gasteiger charge is -2.19. The highest BCUT2D eigenvalue weighted by Crippen LogP contribution is 2.45. The molecule has 0 saturated carbocycles. The van der Waals surface area contributed by atoms with Crippen LogP contribution in [0.1, 0.15) is 71.6 Å². The monoisotopic (exact) mass is 594 g/mol. The van der Waals surface area contributed by atoms with Gasteiger partial charge in [0.05, 0.1) is 25.9 Å². The normalized spacial score (nSPS) is 18.2. The minimum absolute atomic E-state index is 0.0533. The third-order valence-electron chi connectivity index (χ3n) is 8.44. The van der Waals surface area contributed by atoms with Gasteiger partial charge in [-0.3, -0.25) is 4.79 Å². The molecule has 3 aromatic carbocycles. The number of halogens is 1. The lowest BCUT2D eigenvalue weighted by Crippen LogP contribution is -2.12. The van der Waals surface area contributed by atoms with E-state index in [0.717, 1.165) is 46.2 Å². The molecule has 0 fully saturated rings. The standard InChI is InChI=1S/C34H39FO6S/c1-20(19-42(5,37)38)6-7-23-14-21(2)33(22(3)15-23)27-10-12-29(35)34-28(27)11-13-30(34)41-25-8-9-26-24(16-32(36)39-4)18-40-31(26)17-25/h8-10,12,14-15,17,20,24,30H,6-7,11,13,16,18-19H2,1-5H3/t20-,24-,30-/m1/s1. The average molecular weight is 595 g/mol. The van der Waals surface area contributed by atoms with E-state index in [-0.39, 0.29) is 35.8 Å². The molecule has 224 valence electrons. The van der Waals surface area contributed by atoms with Gasteiger partial charge in [0.15, 0.2) is 0 Å². The van der Waals surface area contributed by atoms with Crippen molar-refractivity contribution < 1.29 is 31.8 Å². The first-order valence-corrected chi connectivity index (χ1v) is 16.6. The Labute approximate surface area is 248 Å². The molecule has 8 heteroatoms. The molecule has 0 amide bonds. The summed E-state index contributed by atoms with van der Waals surface area (Å²) < 4.78 is 55.6. The van der Waals surface area contributed by atoms with Crippen molar-refractivity contribution in [3.8, 4) is 22.6 Å². The number of ether oxygens (including phenoxy) is 3. The van der Waals surface area contributed by atoms with Gasteiger partial charge in [-0.15, -0.1) is 0 Å². The van der Waals surface area contributed by atoms with Gasteiger partial charge < -0.3 is 14.2 Å². The van der Waals surface area contributed by atoms with Crippen molar-refractivity contribution in [2.75, 3.05) is 25.7 Å². The van der Waals surface area contributed by atoms with Crippen molar-refractivity contribution in [3.05, 3.63) is 81.7 Å². The van der Waals surface area contributed by atoms with E-state index in [1.54, 1.807) is 6.07 Å². The molecule has 0 bridgehead atoms. The summed E-state index contributed by atoms with van der Waals surface area (Å²) in [6, 6.07) is 13.4. The number of rotatable bonds is 10. The lowest BCUT2D eigenvalue weighted by atomic mass is 9.88. The molecule has 1 heterocycles. The number of carbonyl (C=O) groups is 1. The predicted octanol–water partition coefficient (Wildman–Crippen LogP) is 6.83. The summed E-state index contributed by atoms with van der Waals surface area (Å²) in [6.45, 7) is 6.56. The molecule has 0 unspecified atom stereocenters. The molecule has 2 aliphatic rings. The topological polar surface area (TPSA) is 78.9 Å². The van der Waals surface area contributed by atoms with Crippen LogP contribution < -0.4 is 9.47 Å². The maximum atomic E-state index is 15.3. The summed E-state index contributed by atoms with van der Waals surface area (Å²) in [7, 11) is -1.61. The van der Waals surface area contributed by atoms with Crippen molar-refractivity contribution in [3.63, 3.8) is 0 Å². The Hall–Kier alpha value is -3.39. The Balaban J connectivity index is 1.36. The van der Waals surface area contributed by atoms with Crippen molar-refractivity contribution in [1.29, 1.82) is 0 Å². The van der Waals surface area contributed by atoms with E-state index in [4.69, 9.17) is 14.2 Å². The Morgan fingerprint density at radius 3 is 2.55 bits per heavy atom. The van der Waals surface area contributed by atoms with Gasteiger partial charge in [-0.2, -0.15) is 0 Å².